The summed E-state index contributed by atoms with van der Waals surface area (Å²) in [6, 6.07) is 9.38. The molecule has 32 heavy (non-hydrogen) atoms. The molecule has 1 aliphatic heterocycles. The molecule has 7 nitrogen and oxygen atoms in total. The lowest BCUT2D eigenvalue weighted by atomic mass is 10.1. The van der Waals surface area contributed by atoms with Crippen molar-refractivity contribution in [3.05, 3.63) is 77.1 Å². The van der Waals surface area contributed by atoms with E-state index in [2.05, 4.69) is 49.2 Å². The van der Waals surface area contributed by atoms with Crippen molar-refractivity contribution < 1.29 is 8.42 Å². The first kappa shape index (κ1) is 20.7. The second kappa shape index (κ2) is 8.76. The van der Waals surface area contributed by atoms with Crippen molar-refractivity contribution in [2.24, 2.45) is 0 Å². The lowest BCUT2D eigenvalue weighted by molar-refractivity contribution is 0.601. The summed E-state index contributed by atoms with van der Waals surface area (Å²) in [6.07, 6.45) is 11.5. The van der Waals surface area contributed by atoms with E-state index < -0.39 is 10.0 Å². The monoisotopic (exact) mass is 465 g/mol. The lowest BCUT2D eigenvalue weighted by Gasteiger charge is -2.21. The van der Waals surface area contributed by atoms with Crippen LogP contribution in [0.25, 0.3) is 11.8 Å². The topological polar surface area (TPSA) is 87.2 Å². The molecule has 1 aromatic carbocycles. The molecular weight excluding hydrogens is 442 g/mol. The van der Waals surface area contributed by atoms with Gasteiger partial charge in [0.2, 0.25) is 0 Å². The number of benzene rings is 1. The van der Waals surface area contributed by atoms with Gasteiger partial charge in [-0.1, -0.05) is 24.3 Å². The molecule has 9 heteroatoms. The number of thiazole rings is 1. The first-order chi connectivity index (χ1) is 15.6. The third kappa shape index (κ3) is 4.26. The van der Waals surface area contributed by atoms with E-state index in [4.69, 9.17) is 0 Å². The Morgan fingerprint density at radius 1 is 1.16 bits per heavy atom. The first-order valence-corrected chi connectivity index (χ1v) is 12.8. The third-order valence-corrected chi connectivity index (χ3v) is 7.71. The summed E-state index contributed by atoms with van der Waals surface area (Å²) < 4.78 is 27.9. The molecule has 1 aliphatic carbocycles. The number of allylic oxidation sites excluding steroid dienone is 2. The average molecular weight is 466 g/mol. The van der Waals surface area contributed by atoms with Crippen molar-refractivity contribution in [3.8, 4) is 0 Å². The van der Waals surface area contributed by atoms with E-state index in [-0.39, 0.29) is 4.90 Å². The van der Waals surface area contributed by atoms with Crippen LogP contribution in [0.15, 0.2) is 65.2 Å². The van der Waals surface area contributed by atoms with Crippen molar-refractivity contribution in [1.82, 2.24) is 15.3 Å². The predicted molar refractivity (Wildman–Crippen MR) is 129 cm³/mol. The van der Waals surface area contributed by atoms with E-state index in [0.717, 1.165) is 60.7 Å². The Bertz CT molecular complexity index is 1280. The summed E-state index contributed by atoms with van der Waals surface area (Å²) in [4.78, 5) is 11.1. The summed E-state index contributed by atoms with van der Waals surface area (Å²) in [5, 5.41) is 5.65. The Morgan fingerprint density at radius 2 is 2.09 bits per heavy atom. The molecule has 3 heterocycles. The second-order valence-corrected chi connectivity index (χ2v) is 10.2. The number of aromatic nitrogens is 2. The normalized spacial score (nSPS) is 15.0. The van der Waals surface area contributed by atoms with E-state index in [9.17, 15) is 8.42 Å². The SMILES string of the molecule is O=S(=O)(Nc1nccs1)c1ccc2c(c1)CCN2CCNC1=CCC=Cc2cccnc21. The summed E-state index contributed by atoms with van der Waals surface area (Å²) in [6.45, 7) is 2.46. The van der Waals surface area contributed by atoms with Crippen molar-refractivity contribution >= 4 is 44.0 Å². The highest BCUT2D eigenvalue weighted by molar-refractivity contribution is 7.93. The predicted octanol–water partition coefficient (Wildman–Crippen LogP) is 3.75. The van der Waals surface area contributed by atoms with Crippen LogP contribution >= 0.6 is 11.3 Å². The fraction of sp³-hybridized carbons (Fsp3) is 0.217. The third-order valence-electron chi connectivity index (χ3n) is 5.55. The van der Waals surface area contributed by atoms with Crippen molar-refractivity contribution in [2.75, 3.05) is 29.3 Å². The highest BCUT2D eigenvalue weighted by Crippen LogP contribution is 2.31. The van der Waals surface area contributed by atoms with E-state index >= 15 is 0 Å². The zero-order valence-electron chi connectivity index (χ0n) is 17.4. The second-order valence-electron chi connectivity index (χ2n) is 7.59. The maximum Gasteiger partial charge on any atom is 0.263 e. The van der Waals surface area contributed by atoms with Gasteiger partial charge in [0.25, 0.3) is 10.0 Å². The molecule has 0 atom stereocenters. The van der Waals surface area contributed by atoms with E-state index in [1.807, 2.05) is 18.3 Å². The molecule has 5 rings (SSSR count). The molecule has 0 bridgehead atoms. The number of fused-ring (bicyclic) bond motifs is 2. The quantitative estimate of drug-likeness (QED) is 0.553. The Morgan fingerprint density at radius 3 is 2.97 bits per heavy atom. The number of rotatable bonds is 7. The standard InChI is InChI=1S/C23H23N5O2S2/c29-32(30,27-23-26-12-15-31-23)19-7-8-21-18(16-19)9-13-28(21)14-11-24-20-6-2-1-4-17-5-3-10-25-22(17)20/h1,3-8,10,12,15-16,24H,2,9,11,13-14H2,(H,26,27). The van der Waals surface area contributed by atoms with Crippen LogP contribution in [0, 0.1) is 0 Å². The minimum absolute atomic E-state index is 0.269. The maximum atomic E-state index is 12.7. The van der Waals surface area contributed by atoms with Crippen molar-refractivity contribution in [3.63, 3.8) is 0 Å². The number of anilines is 2. The molecule has 0 fully saturated rings. The van der Waals surface area contributed by atoms with Gasteiger partial charge < -0.3 is 10.2 Å². The number of nitrogens with one attached hydrogen (secondary N) is 2. The van der Waals surface area contributed by atoms with Gasteiger partial charge in [-0.2, -0.15) is 0 Å². The summed E-state index contributed by atoms with van der Waals surface area (Å²) in [7, 11) is -3.64. The van der Waals surface area contributed by atoms with E-state index in [1.165, 1.54) is 11.3 Å². The van der Waals surface area contributed by atoms with Gasteiger partial charge >= 0.3 is 0 Å². The summed E-state index contributed by atoms with van der Waals surface area (Å²) in [5.41, 5.74) is 5.30. The van der Waals surface area contributed by atoms with Gasteiger partial charge in [0.15, 0.2) is 5.13 Å². The Hall–Kier alpha value is -3.17. The number of sulfonamides is 1. The van der Waals surface area contributed by atoms with Crippen LogP contribution in [0.3, 0.4) is 0 Å². The highest BCUT2D eigenvalue weighted by atomic mass is 32.2. The highest BCUT2D eigenvalue weighted by Gasteiger charge is 2.23. The maximum absolute atomic E-state index is 12.7. The molecule has 0 amide bonds. The number of pyridine rings is 1. The van der Waals surface area contributed by atoms with Gasteiger partial charge in [0.05, 0.1) is 16.3 Å². The minimum atomic E-state index is -3.64. The van der Waals surface area contributed by atoms with Gasteiger partial charge in [-0.05, 0) is 42.7 Å². The molecular formula is C23H23N5O2S2. The van der Waals surface area contributed by atoms with Gasteiger partial charge in [0.1, 0.15) is 0 Å². The zero-order chi connectivity index (χ0) is 22.0. The van der Waals surface area contributed by atoms with Crippen LogP contribution in [0.2, 0.25) is 0 Å². The molecule has 0 saturated carbocycles. The first-order valence-electron chi connectivity index (χ1n) is 10.5. The minimum Gasteiger partial charge on any atom is -0.382 e. The largest absolute Gasteiger partial charge is 0.382 e. The molecule has 2 N–H and O–H groups in total. The van der Waals surface area contributed by atoms with Gasteiger partial charge in [-0.25, -0.2) is 13.4 Å². The molecule has 164 valence electrons. The molecule has 0 radical (unpaired) electrons. The van der Waals surface area contributed by atoms with E-state index in [1.54, 1.807) is 23.7 Å². The lowest BCUT2D eigenvalue weighted by Crippen LogP contribution is -2.30. The molecule has 3 aromatic rings. The van der Waals surface area contributed by atoms with Crippen LogP contribution in [0.4, 0.5) is 10.8 Å². The van der Waals surface area contributed by atoms with Gasteiger partial charge in [-0.15, -0.1) is 11.3 Å². The summed E-state index contributed by atoms with van der Waals surface area (Å²) >= 11 is 1.26. The molecule has 0 saturated heterocycles. The smallest absolute Gasteiger partial charge is 0.263 e. The number of nitrogens with zero attached hydrogens (tertiary/aromatic N) is 3. The molecule has 2 aromatic heterocycles. The van der Waals surface area contributed by atoms with Crippen LogP contribution in [0.1, 0.15) is 23.2 Å². The Balaban J connectivity index is 1.24. The van der Waals surface area contributed by atoms with Gasteiger partial charge in [-0.3, -0.25) is 9.71 Å². The van der Waals surface area contributed by atoms with Crippen LogP contribution in [-0.2, 0) is 16.4 Å². The zero-order valence-corrected chi connectivity index (χ0v) is 19.0. The van der Waals surface area contributed by atoms with Crippen LogP contribution < -0.4 is 14.9 Å². The summed E-state index contributed by atoms with van der Waals surface area (Å²) in [5.74, 6) is 0. The average Bonchev–Trinajstić information content (AvgIpc) is 3.40. The molecule has 2 aliphatic rings. The number of hydrogen-bond acceptors (Lipinski definition) is 7. The molecule has 0 unspecified atom stereocenters. The van der Waals surface area contributed by atoms with Crippen LogP contribution in [0.5, 0.6) is 0 Å². The van der Waals surface area contributed by atoms with E-state index in [0.29, 0.717) is 5.13 Å². The number of hydrogen-bond donors (Lipinski definition) is 2. The fourth-order valence-corrected chi connectivity index (χ4v) is 5.87. The Kier molecular flexibility index (Phi) is 5.67. The van der Waals surface area contributed by atoms with Crippen LogP contribution in [-0.4, -0.2) is 38.0 Å². The van der Waals surface area contributed by atoms with Crippen molar-refractivity contribution in [1.29, 1.82) is 0 Å². The molecule has 0 spiro atoms. The Labute approximate surface area is 191 Å². The fourth-order valence-electron chi connectivity index (χ4n) is 4.03. The van der Waals surface area contributed by atoms with Gasteiger partial charge in [0, 0.05) is 48.7 Å². The van der Waals surface area contributed by atoms with Crippen molar-refractivity contribution in [2.45, 2.75) is 17.7 Å².